The van der Waals surface area contributed by atoms with Crippen LogP contribution in [0.4, 0.5) is 8.78 Å². The van der Waals surface area contributed by atoms with Crippen LogP contribution < -0.4 is 0 Å². The number of benzene rings is 2. The molecular formula is C32H40F2. The maximum absolute atomic E-state index is 13.6. The van der Waals surface area contributed by atoms with Crippen LogP contribution in [0, 0.1) is 29.4 Å². The molecule has 0 bridgehead atoms. The number of allylic oxidation sites excluding steroid dienone is 1. The van der Waals surface area contributed by atoms with Gasteiger partial charge in [-0.25, -0.2) is 8.78 Å². The fourth-order valence-corrected chi connectivity index (χ4v) is 7.34. The van der Waals surface area contributed by atoms with Gasteiger partial charge in [0.25, 0.3) is 0 Å². The van der Waals surface area contributed by atoms with Crippen molar-refractivity contribution in [2.24, 2.45) is 17.8 Å². The first-order chi connectivity index (χ1) is 16.6. The van der Waals surface area contributed by atoms with Crippen LogP contribution in [0.1, 0.15) is 111 Å². The lowest BCUT2D eigenvalue weighted by Gasteiger charge is -2.37. The van der Waals surface area contributed by atoms with Gasteiger partial charge >= 0.3 is 0 Å². The molecule has 0 unspecified atom stereocenters. The van der Waals surface area contributed by atoms with Crippen LogP contribution >= 0.6 is 0 Å². The van der Waals surface area contributed by atoms with Crippen LogP contribution in [-0.2, 0) is 0 Å². The minimum atomic E-state index is -0.748. The lowest BCUT2D eigenvalue weighted by atomic mass is 9.68. The fourth-order valence-electron chi connectivity index (χ4n) is 7.34. The zero-order chi connectivity index (χ0) is 23.5. The second-order valence-electron chi connectivity index (χ2n) is 11.4. The summed E-state index contributed by atoms with van der Waals surface area (Å²) in [6, 6.07) is 14.0. The molecule has 5 rings (SSSR count). The molecule has 34 heavy (non-hydrogen) atoms. The van der Waals surface area contributed by atoms with Gasteiger partial charge in [-0.15, -0.1) is 6.58 Å². The molecule has 3 aliphatic rings. The highest BCUT2D eigenvalue weighted by molar-refractivity contribution is 5.29. The fraction of sp³-hybridized carbons (Fsp3) is 0.562. The van der Waals surface area contributed by atoms with Crippen LogP contribution in [0.25, 0.3) is 0 Å². The monoisotopic (exact) mass is 462 g/mol. The van der Waals surface area contributed by atoms with Gasteiger partial charge in [0.2, 0.25) is 0 Å². The molecule has 0 radical (unpaired) electrons. The Hall–Kier alpha value is -1.96. The van der Waals surface area contributed by atoms with E-state index in [9.17, 15) is 8.78 Å². The number of halogens is 2. The summed E-state index contributed by atoms with van der Waals surface area (Å²) in [7, 11) is 0. The van der Waals surface area contributed by atoms with Gasteiger partial charge < -0.3 is 0 Å². The van der Waals surface area contributed by atoms with Crippen molar-refractivity contribution in [1.29, 1.82) is 0 Å². The molecule has 3 saturated carbocycles. The highest BCUT2D eigenvalue weighted by Gasteiger charge is 2.31. The summed E-state index contributed by atoms with van der Waals surface area (Å²) in [6.07, 6.45) is 17.6. The largest absolute Gasteiger partial charge is 0.204 e. The molecule has 182 valence electrons. The Labute approximate surface area is 204 Å². The third-order valence-corrected chi connectivity index (χ3v) is 9.61. The smallest absolute Gasteiger partial charge is 0.159 e. The standard InChI is InChI=1S/C32H40F2/c1-2-22-3-5-23(6-4-22)24-7-9-25(10-8-24)26-11-13-27(14-12-26)28-15-17-29(18-16-28)30-19-20-31(33)32(34)21-30/h2,11-14,19-25,28-29H,1,3-10,15-18H2. The molecule has 0 aromatic heterocycles. The van der Waals surface area contributed by atoms with Crippen molar-refractivity contribution in [3.8, 4) is 0 Å². The Morgan fingerprint density at radius 2 is 0.941 bits per heavy atom. The van der Waals surface area contributed by atoms with Gasteiger partial charge in [-0.1, -0.05) is 36.4 Å². The number of rotatable bonds is 5. The maximum Gasteiger partial charge on any atom is 0.159 e. The van der Waals surface area contributed by atoms with Crippen molar-refractivity contribution < 1.29 is 8.78 Å². The van der Waals surface area contributed by atoms with Crippen LogP contribution in [0.3, 0.4) is 0 Å². The Bertz CT molecular complexity index is 937. The minimum Gasteiger partial charge on any atom is -0.204 e. The van der Waals surface area contributed by atoms with Gasteiger partial charge in [0.1, 0.15) is 0 Å². The lowest BCUT2D eigenvalue weighted by molar-refractivity contribution is 0.171. The van der Waals surface area contributed by atoms with Crippen molar-refractivity contribution in [2.75, 3.05) is 0 Å². The average molecular weight is 463 g/mol. The van der Waals surface area contributed by atoms with E-state index in [1.54, 1.807) is 6.07 Å². The SMILES string of the molecule is C=CC1CCC(C2CCC(c3ccc(C4CCC(c5ccc(F)c(F)c5)CC4)cc3)CC2)CC1. The summed E-state index contributed by atoms with van der Waals surface area (Å²) in [5.74, 6) is 2.90. The second kappa shape index (κ2) is 10.8. The molecule has 3 fully saturated rings. The van der Waals surface area contributed by atoms with E-state index in [0.717, 1.165) is 54.9 Å². The highest BCUT2D eigenvalue weighted by Crippen LogP contribution is 2.45. The molecule has 0 spiro atoms. The third kappa shape index (κ3) is 5.31. The van der Waals surface area contributed by atoms with Gasteiger partial charge in [0.15, 0.2) is 11.6 Å². The second-order valence-corrected chi connectivity index (χ2v) is 11.4. The third-order valence-electron chi connectivity index (χ3n) is 9.61. The molecule has 0 nitrogen and oxygen atoms in total. The van der Waals surface area contributed by atoms with E-state index in [4.69, 9.17) is 0 Å². The van der Waals surface area contributed by atoms with E-state index in [2.05, 4.69) is 36.9 Å². The number of hydrogen-bond acceptors (Lipinski definition) is 0. The molecule has 0 N–H and O–H groups in total. The zero-order valence-electron chi connectivity index (χ0n) is 20.5. The van der Waals surface area contributed by atoms with Crippen LogP contribution in [0.5, 0.6) is 0 Å². The van der Waals surface area contributed by atoms with E-state index >= 15 is 0 Å². The molecule has 3 aliphatic carbocycles. The Morgan fingerprint density at radius 1 is 0.529 bits per heavy atom. The molecular weight excluding hydrogens is 422 g/mol. The molecule has 0 saturated heterocycles. The van der Waals surface area contributed by atoms with Crippen LogP contribution in [-0.4, -0.2) is 0 Å². The van der Waals surface area contributed by atoms with Crippen molar-refractivity contribution in [2.45, 2.75) is 94.8 Å². The first-order valence-electron chi connectivity index (χ1n) is 13.8. The van der Waals surface area contributed by atoms with Gasteiger partial charge in [0, 0.05) is 0 Å². The first-order valence-corrected chi connectivity index (χ1v) is 13.8. The summed E-state index contributed by atoms with van der Waals surface area (Å²) < 4.78 is 26.9. The lowest BCUT2D eigenvalue weighted by Crippen LogP contribution is -2.25. The van der Waals surface area contributed by atoms with Crippen molar-refractivity contribution in [1.82, 2.24) is 0 Å². The van der Waals surface area contributed by atoms with E-state index in [1.165, 1.54) is 74.6 Å². The Morgan fingerprint density at radius 3 is 1.41 bits per heavy atom. The van der Waals surface area contributed by atoms with Crippen molar-refractivity contribution in [3.05, 3.63) is 83.4 Å². The maximum atomic E-state index is 13.6. The Kier molecular flexibility index (Phi) is 7.52. The summed E-state index contributed by atoms with van der Waals surface area (Å²) in [4.78, 5) is 0. The number of hydrogen-bond donors (Lipinski definition) is 0. The van der Waals surface area contributed by atoms with E-state index in [1.807, 2.05) is 0 Å². The first kappa shape index (κ1) is 23.8. The van der Waals surface area contributed by atoms with Crippen molar-refractivity contribution >= 4 is 0 Å². The van der Waals surface area contributed by atoms with Gasteiger partial charge in [-0.3, -0.25) is 0 Å². The minimum absolute atomic E-state index is 0.354. The van der Waals surface area contributed by atoms with Gasteiger partial charge in [-0.05, 0) is 141 Å². The highest BCUT2D eigenvalue weighted by atomic mass is 19.2. The van der Waals surface area contributed by atoms with Crippen LogP contribution in [0.2, 0.25) is 0 Å². The Balaban J connectivity index is 1.11. The van der Waals surface area contributed by atoms with E-state index in [0.29, 0.717) is 11.8 Å². The predicted molar refractivity (Wildman–Crippen MR) is 137 cm³/mol. The van der Waals surface area contributed by atoms with Gasteiger partial charge in [0.05, 0.1) is 0 Å². The summed E-state index contributed by atoms with van der Waals surface area (Å²) in [6.45, 7) is 4.00. The van der Waals surface area contributed by atoms with E-state index < -0.39 is 11.6 Å². The van der Waals surface area contributed by atoms with Crippen LogP contribution in [0.15, 0.2) is 55.1 Å². The molecule has 2 aromatic carbocycles. The topological polar surface area (TPSA) is 0 Å². The zero-order valence-corrected chi connectivity index (χ0v) is 20.5. The molecule has 0 aliphatic heterocycles. The molecule has 0 heterocycles. The van der Waals surface area contributed by atoms with Gasteiger partial charge in [-0.2, -0.15) is 0 Å². The normalized spacial score (nSPS) is 32.3. The molecule has 2 heteroatoms. The quantitative estimate of drug-likeness (QED) is 0.388. The molecule has 0 atom stereocenters. The summed E-state index contributed by atoms with van der Waals surface area (Å²) in [5, 5.41) is 0. The van der Waals surface area contributed by atoms with E-state index in [-0.39, 0.29) is 0 Å². The van der Waals surface area contributed by atoms with Crippen molar-refractivity contribution in [3.63, 3.8) is 0 Å². The summed E-state index contributed by atoms with van der Waals surface area (Å²) >= 11 is 0. The average Bonchev–Trinajstić information content (AvgIpc) is 2.91. The molecule has 0 amide bonds. The summed E-state index contributed by atoms with van der Waals surface area (Å²) in [5.41, 5.74) is 3.95. The molecule has 2 aromatic rings. The predicted octanol–water partition coefficient (Wildman–Crippen LogP) is 9.67.